The summed E-state index contributed by atoms with van der Waals surface area (Å²) >= 11 is 0. The van der Waals surface area contributed by atoms with E-state index in [1.807, 2.05) is 0 Å². The fraction of sp³-hybridized carbons (Fsp3) is 0.889. The molecule has 0 spiro atoms. The summed E-state index contributed by atoms with van der Waals surface area (Å²) in [6.07, 6.45) is 14.5. The normalized spacial score (nSPS) is 52.9. The Hall–Kier alpha value is -0.300. The van der Waals surface area contributed by atoms with Gasteiger partial charge in [0.2, 0.25) is 0 Å². The molecule has 19 heavy (non-hydrogen) atoms. The smallest absolute Gasteiger partial charge is 0.0577 e. The first-order chi connectivity index (χ1) is 9.17. The lowest BCUT2D eigenvalue weighted by Crippen LogP contribution is -2.44. The number of hydrogen-bond donors (Lipinski definition) is 1. The van der Waals surface area contributed by atoms with Gasteiger partial charge < -0.3 is 5.11 Å². The number of aliphatic hydroxyl groups excluding tert-OH is 1. The minimum absolute atomic E-state index is 0.0422. The van der Waals surface area contributed by atoms with Gasteiger partial charge in [0, 0.05) is 0 Å². The molecular formula is C18H28O. The monoisotopic (exact) mass is 260 g/mol. The van der Waals surface area contributed by atoms with E-state index >= 15 is 0 Å². The summed E-state index contributed by atoms with van der Waals surface area (Å²) in [6.45, 7) is 2.57. The van der Waals surface area contributed by atoms with E-state index in [1.54, 1.807) is 5.57 Å². The molecule has 0 amide bonds. The minimum Gasteiger partial charge on any atom is -0.393 e. The Balaban J connectivity index is 1.62. The average molecular weight is 260 g/mol. The molecule has 4 rings (SSSR count). The SMILES string of the molecule is CC12CCCC1C1CC=C3CC(O)CCC3C1CC2. The maximum absolute atomic E-state index is 9.89. The molecule has 1 heteroatoms. The van der Waals surface area contributed by atoms with Crippen molar-refractivity contribution in [1.29, 1.82) is 0 Å². The van der Waals surface area contributed by atoms with E-state index in [1.165, 1.54) is 44.9 Å². The summed E-state index contributed by atoms with van der Waals surface area (Å²) in [5, 5.41) is 9.89. The molecule has 3 saturated carbocycles. The van der Waals surface area contributed by atoms with Crippen molar-refractivity contribution in [2.45, 2.75) is 70.8 Å². The average Bonchev–Trinajstić information content (AvgIpc) is 2.79. The predicted octanol–water partition coefficient (Wildman–Crippen LogP) is 4.31. The summed E-state index contributed by atoms with van der Waals surface area (Å²) in [5.74, 6) is 3.79. The number of fused-ring (bicyclic) bond motifs is 5. The zero-order valence-electron chi connectivity index (χ0n) is 12.3. The fourth-order valence-corrected chi connectivity index (χ4v) is 6.24. The summed E-state index contributed by atoms with van der Waals surface area (Å²) in [4.78, 5) is 0. The third-order valence-corrected chi connectivity index (χ3v) is 7.20. The van der Waals surface area contributed by atoms with E-state index in [4.69, 9.17) is 0 Å². The van der Waals surface area contributed by atoms with Gasteiger partial charge in [-0.05, 0) is 80.5 Å². The first kappa shape index (κ1) is 12.4. The highest BCUT2D eigenvalue weighted by Crippen LogP contribution is 2.61. The molecule has 1 N–H and O–H groups in total. The Bertz CT molecular complexity index is 398. The lowest BCUT2D eigenvalue weighted by atomic mass is 9.53. The molecule has 4 aliphatic rings. The van der Waals surface area contributed by atoms with E-state index in [2.05, 4.69) is 13.0 Å². The highest BCUT2D eigenvalue weighted by molar-refractivity contribution is 5.19. The molecule has 6 unspecified atom stereocenters. The molecule has 1 nitrogen and oxygen atoms in total. The summed E-state index contributed by atoms with van der Waals surface area (Å²) in [5.41, 5.74) is 2.31. The predicted molar refractivity (Wildman–Crippen MR) is 77.7 cm³/mol. The largest absolute Gasteiger partial charge is 0.393 e. The Kier molecular flexibility index (Phi) is 2.85. The molecular weight excluding hydrogens is 232 g/mol. The molecule has 0 aromatic rings. The molecule has 0 heterocycles. The quantitative estimate of drug-likeness (QED) is 0.643. The Morgan fingerprint density at radius 2 is 2.00 bits per heavy atom. The third kappa shape index (κ3) is 1.84. The second kappa shape index (κ2) is 4.35. The van der Waals surface area contributed by atoms with Gasteiger partial charge in [0.15, 0.2) is 0 Å². The Morgan fingerprint density at radius 1 is 1.11 bits per heavy atom. The zero-order chi connectivity index (χ0) is 13.0. The van der Waals surface area contributed by atoms with Crippen LogP contribution in [-0.2, 0) is 0 Å². The fourth-order valence-electron chi connectivity index (χ4n) is 6.24. The molecule has 0 bridgehead atoms. The van der Waals surface area contributed by atoms with E-state index in [-0.39, 0.29) is 6.10 Å². The van der Waals surface area contributed by atoms with Crippen molar-refractivity contribution < 1.29 is 5.11 Å². The van der Waals surface area contributed by atoms with Crippen LogP contribution in [0.15, 0.2) is 11.6 Å². The second-order valence-corrected chi connectivity index (χ2v) is 8.08. The molecule has 106 valence electrons. The number of allylic oxidation sites excluding steroid dienone is 1. The van der Waals surface area contributed by atoms with Crippen molar-refractivity contribution in [3.05, 3.63) is 11.6 Å². The summed E-state index contributed by atoms with van der Waals surface area (Å²) in [6, 6.07) is 0. The highest BCUT2D eigenvalue weighted by Gasteiger charge is 2.51. The molecule has 3 fully saturated rings. The number of aliphatic hydroxyl groups is 1. The van der Waals surface area contributed by atoms with Crippen LogP contribution in [0.3, 0.4) is 0 Å². The maximum Gasteiger partial charge on any atom is 0.0577 e. The Labute approximate surface area is 117 Å². The van der Waals surface area contributed by atoms with Crippen molar-refractivity contribution in [2.75, 3.05) is 0 Å². The second-order valence-electron chi connectivity index (χ2n) is 8.08. The van der Waals surface area contributed by atoms with Crippen LogP contribution in [-0.4, -0.2) is 11.2 Å². The van der Waals surface area contributed by atoms with Gasteiger partial charge in [-0.25, -0.2) is 0 Å². The van der Waals surface area contributed by atoms with E-state index in [9.17, 15) is 5.11 Å². The standard InChI is InChI=1S/C18H28O/c1-18-9-2-3-17(18)16-6-4-12-11-13(19)5-7-14(12)15(16)8-10-18/h4,13-17,19H,2-3,5-11H2,1H3. The van der Waals surface area contributed by atoms with Crippen molar-refractivity contribution in [2.24, 2.45) is 29.1 Å². The van der Waals surface area contributed by atoms with Crippen LogP contribution in [0, 0.1) is 29.1 Å². The van der Waals surface area contributed by atoms with Crippen LogP contribution in [0.25, 0.3) is 0 Å². The first-order valence-electron chi connectivity index (χ1n) is 8.54. The summed E-state index contributed by atoms with van der Waals surface area (Å²) < 4.78 is 0. The zero-order valence-corrected chi connectivity index (χ0v) is 12.3. The van der Waals surface area contributed by atoms with Gasteiger partial charge in [-0.15, -0.1) is 0 Å². The van der Waals surface area contributed by atoms with E-state index in [0.717, 1.165) is 36.5 Å². The van der Waals surface area contributed by atoms with E-state index < -0.39 is 0 Å². The van der Waals surface area contributed by atoms with Gasteiger partial charge in [0.25, 0.3) is 0 Å². The van der Waals surface area contributed by atoms with Crippen LogP contribution in [0.4, 0.5) is 0 Å². The van der Waals surface area contributed by atoms with Gasteiger partial charge >= 0.3 is 0 Å². The molecule has 0 aromatic carbocycles. The molecule has 0 aromatic heterocycles. The van der Waals surface area contributed by atoms with Gasteiger partial charge in [-0.2, -0.15) is 0 Å². The van der Waals surface area contributed by atoms with Crippen molar-refractivity contribution in [3.63, 3.8) is 0 Å². The van der Waals surface area contributed by atoms with Crippen LogP contribution in [0.1, 0.15) is 64.7 Å². The van der Waals surface area contributed by atoms with Crippen molar-refractivity contribution in [3.8, 4) is 0 Å². The molecule has 4 aliphatic carbocycles. The van der Waals surface area contributed by atoms with Gasteiger partial charge in [0.1, 0.15) is 0 Å². The number of rotatable bonds is 0. The molecule has 0 saturated heterocycles. The lowest BCUT2D eigenvalue weighted by Gasteiger charge is -2.52. The molecule has 6 atom stereocenters. The van der Waals surface area contributed by atoms with Gasteiger partial charge in [-0.1, -0.05) is 25.0 Å². The lowest BCUT2D eigenvalue weighted by molar-refractivity contribution is 0.00122. The number of hydrogen-bond acceptors (Lipinski definition) is 1. The Morgan fingerprint density at radius 3 is 2.89 bits per heavy atom. The summed E-state index contributed by atoms with van der Waals surface area (Å²) in [7, 11) is 0. The van der Waals surface area contributed by atoms with E-state index in [0.29, 0.717) is 5.41 Å². The van der Waals surface area contributed by atoms with Crippen LogP contribution in [0.5, 0.6) is 0 Å². The van der Waals surface area contributed by atoms with Crippen LogP contribution >= 0.6 is 0 Å². The van der Waals surface area contributed by atoms with Crippen LogP contribution in [0.2, 0.25) is 0 Å². The van der Waals surface area contributed by atoms with Crippen molar-refractivity contribution in [1.82, 2.24) is 0 Å². The molecule has 0 aliphatic heterocycles. The molecule has 0 radical (unpaired) electrons. The van der Waals surface area contributed by atoms with Gasteiger partial charge in [-0.3, -0.25) is 0 Å². The van der Waals surface area contributed by atoms with Gasteiger partial charge in [0.05, 0.1) is 6.10 Å². The topological polar surface area (TPSA) is 20.2 Å². The first-order valence-corrected chi connectivity index (χ1v) is 8.54. The third-order valence-electron chi connectivity index (χ3n) is 7.20. The minimum atomic E-state index is -0.0422. The maximum atomic E-state index is 9.89. The van der Waals surface area contributed by atoms with Crippen LogP contribution < -0.4 is 0 Å². The highest BCUT2D eigenvalue weighted by atomic mass is 16.3. The van der Waals surface area contributed by atoms with Crippen molar-refractivity contribution >= 4 is 0 Å².